The molecule has 2 rings (SSSR count). The van der Waals surface area contributed by atoms with E-state index in [2.05, 4.69) is 9.71 Å². The summed E-state index contributed by atoms with van der Waals surface area (Å²) in [7, 11) is -3.35. The molecular formula is C7H11N3O2S. The summed E-state index contributed by atoms with van der Waals surface area (Å²) in [5.41, 5.74) is 5.49. The van der Waals surface area contributed by atoms with Crippen LogP contribution in [-0.4, -0.2) is 25.5 Å². The van der Waals surface area contributed by atoms with E-state index in [4.69, 9.17) is 5.73 Å². The van der Waals surface area contributed by atoms with E-state index in [0.29, 0.717) is 0 Å². The van der Waals surface area contributed by atoms with Gasteiger partial charge in [0.05, 0.1) is 4.90 Å². The molecule has 0 saturated heterocycles. The summed E-state index contributed by atoms with van der Waals surface area (Å²) in [5, 5.41) is 0. The van der Waals surface area contributed by atoms with Gasteiger partial charge in [0.2, 0.25) is 10.0 Å². The molecule has 1 fully saturated rings. The first kappa shape index (κ1) is 8.74. The highest BCUT2D eigenvalue weighted by atomic mass is 32.2. The summed E-state index contributed by atoms with van der Waals surface area (Å²) in [6, 6.07) is 1.41. The maximum Gasteiger partial charge on any atom is 0.242 e. The molecule has 1 aliphatic rings. The minimum atomic E-state index is -3.35. The number of nitrogens with two attached hydrogens (primary N) is 1. The lowest BCUT2D eigenvalue weighted by Crippen LogP contribution is -2.29. The van der Waals surface area contributed by atoms with E-state index >= 15 is 0 Å². The monoisotopic (exact) mass is 201 g/mol. The smallest absolute Gasteiger partial charge is 0.242 e. The van der Waals surface area contributed by atoms with Crippen LogP contribution in [0.15, 0.2) is 23.4 Å². The molecule has 5 nitrogen and oxygen atoms in total. The predicted octanol–water partition coefficient (Wildman–Crippen LogP) is -0.607. The lowest BCUT2D eigenvalue weighted by Gasteiger charge is -2.01. The molecule has 13 heavy (non-hydrogen) atoms. The van der Waals surface area contributed by atoms with Gasteiger partial charge in [-0.25, -0.2) is 13.1 Å². The number of aromatic amines is 1. The van der Waals surface area contributed by atoms with Crippen molar-refractivity contribution in [2.24, 2.45) is 5.73 Å². The Balaban J connectivity index is 2.13. The van der Waals surface area contributed by atoms with Gasteiger partial charge in [0.25, 0.3) is 0 Å². The highest BCUT2D eigenvalue weighted by molar-refractivity contribution is 7.89. The van der Waals surface area contributed by atoms with Crippen molar-refractivity contribution in [3.05, 3.63) is 18.5 Å². The van der Waals surface area contributed by atoms with Crippen LogP contribution in [0.5, 0.6) is 0 Å². The standard InChI is InChI=1S/C7H11N3O2S/c8-6-3-7(6)10-13(11,12)5-1-2-9-4-5/h1-2,4,6-7,9-10H,3,8H2. The molecule has 0 spiro atoms. The SMILES string of the molecule is NC1CC1NS(=O)(=O)c1cc[nH]c1. The maximum absolute atomic E-state index is 11.5. The van der Waals surface area contributed by atoms with Gasteiger partial charge in [0, 0.05) is 24.5 Å². The summed E-state index contributed by atoms with van der Waals surface area (Å²) in [4.78, 5) is 2.95. The van der Waals surface area contributed by atoms with Crippen LogP contribution in [0.4, 0.5) is 0 Å². The molecule has 4 N–H and O–H groups in total. The number of sulfonamides is 1. The van der Waals surface area contributed by atoms with Gasteiger partial charge < -0.3 is 10.7 Å². The topological polar surface area (TPSA) is 88.0 Å². The zero-order valence-electron chi connectivity index (χ0n) is 6.90. The molecule has 6 heteroatoms. The lowest BCUT2D eigenvalue weighted by atomic mass is 10.7. The van der Waals surface area contributed by atoms with Crippen LogP contribution in [-0.2, 0) is 10.0 Å². The summed E-state index contributed by atoms with van der Waals surface area (Å²) in [6.07, 6.45) is 3.74. The van der Waals surface area contributed by atoms with Gasteiger partial charge in [-0.3, -0.25) is 0 Å². The third kappa shape index (κ3) is 1.74. The fourth-order valence-electron chi connectivity index (χ4n) is 1.09. The normalized spacial score (nSPS) is 27.5. The van der Waals surface area contributed by atoms with E-state index in [0.717, 1.165) is 6.42 Å². The Morgan fingerprint density at radius 2 is 2.31 bits per heavy atom. The molecule has 2 atom stereocenters. The van der Waals surface area contributed by atoms with Crippen LogP contribution < -0.4 is 10.5 Å². The summed E-state index contributed by atoms with van der Waals surface area (Å²) >= 11 is 0. The van der Waals surface area contributed by atoms with E-state index in [1.54, 1.807) is 6.20 Å². The maximum atomic E-state index is 11.5. The summed E-state index contributed by atoms with van der Waals surface area (Å²) < 4.78 is 25.5. The first-order chi connectivity index (χ1) is 6.09. The van der Waals surface area contributed by atoms with Crippen LogP contribution in [0.3, 0.4) is 0 Å². The third-order valence-electron chi connectivity index (χ3n) is 2.03. The predicted molar refractivity (Wildman–Crippen MR) is 47.5 cm³/mol. The van der Waals surface area contributed by atoms with E-state index in [1.165, 1.54) is 12.3 Å². The Bertz CT molecular complexity index is 384. The molecule has 0 aromatic carbocycles. The number of hydrogen-bond donors (Lipinski definition) is 3. The molecule has 0 bridgehead atoms. The van der Waals surface area contributed by atoms with Crippen LogP contribution >= 0.6 is 0 Å². The van der Waals surface area contributed by atoms with Crippen molar-refractivity contribution >= 4 is 10.0 Å². The van der Waals surface area contributed by atoms with Crippen LogP contribution in [0.1, 0.15) is 6.42 Å². The average Bonchev–Trinajstić information content (AvgIpc) is 2.56. The van der Waals surface area contributed by atoms with Crippen molar-refractivity contribution in [2.45, 2.75) is 23.4 Å². The van der Waals surface area contributed by atoms with Crippen LogP contribution in [0, 0.1) is 0 Å². The Morgan fingerprint density at radius 1 is 1.62 bits per heavy atom. The Morgan fingerprint density at radius 3 is 2.77 bits per heavy atom. The fraction of sp³-hybridized carbons (Fsp3) is 0.429. The number of hydrogen-bond acceptors (Lipinski definition) is 3. The van der Waals surface area contributed by atoms with E-state index in [-0.39, 0.29) is 17.0 Å². The van der Waals surface area contributed by atoms with Crippen molar-refractivity contribution in [3.8, 4) is 0 Å². The molecule has 1 aromatic heterocycles. The van der Waals surface area contributed by atoms with Gasteiger partial charge in [-0.15, -0.1) is 0 Å². The first-order valence-electron chi connectivity index (χ1n) is 4.00. The van der Waals surface area contributed by atoms with Crippen molar-refractivity contribution in [3.63, 3.8) is 0 Å². The largest absolute Gasteiger partial charge is 0.366 e. The minimum Gasteiger partial charge on any atom is -0.366 e. The van der Waals surface area contributed by atoms with E-state index < -0.39 is 10.0 Å². The lowest BCUT2D eigenvalue weighted by molar-refractivity contribution is 0.580. The average molecular weight is 201 g/mol. The van der Waals surface area contributed by atoms with Crippen molar-refractivity contribution in [1.29, 1.82) is 0 Å². The summed E-state index contributed by atoms with van der Waals surface area (Å²) in [6.45, 7) is 0. The van der Waals surface area contributed by atoms with Gasteiger partial charge >= 0.3 is 0 Å². The molecule has 1 aromatic rings. The molecule has 0 amide bonds. The number of aromatic nitrogens is 1. The zero-order chi connectivity index (χ0) is 9.47. The second-order valence-electron chi connectivity index (χ2n) is 3.17. The quantitative estimate of drug-likeness (QED) is 0.609. The Hall–Kier alpha value is -0.850. The van der Waals surface area contributed by atoms with Crippen molar-refractivity contribution in [1.82, 2.24) is 9.71 Å². The Labute approximate surface area is 76.4 Å². The summed E-state index contributed by atoms with van der Waals surface area (Å²) in [5.74, 6) is 0. The fourth-order valence-corrected chi connectivity index (χ4v) is 2.37. The zero-order valence-corrected chi connectivity index (χ0v) is 7.71. The molecule has 1 heterocycles. The van der Waals surface area contributed by atoms with Crippen molar-refractivity contribution in [2.75, 3.05) is 0 Å². The second-order valence-corrected chi connectivity index (χ2v) is 4.89. The Kier molecular flexibility index (Phi) is 1.90. The molecule has 0 radical (unpaired) electrons. The van der Waals surface area contributed by atoms with Gasteiger partial charge in [0.1, 0.15) is 0 Å². The van der Waals surface area contributed by atoms with Gasteiger partial charge in [-0.1, -0.05) is 0 Å². The van der Waals surface area contributed by atoms with Gasteiger partial charge in [0.15, 0.2) is 0 Å². The highest BCUT2D eigenvalue weighted by Crippen LogP contribution is 2.20. The second kappa shape index (κ2) is 2.83. The van der Waals surface area contributed by atoms with Gasteiger partial charge in [-0.05, 0) is 12.5 Å². The van der Waals surface area contributed by atoms with E-state index in [1.807, 2.05) is 0 Å². The van der Waals surface area contributed by atoms with Gasteiger partial charge in [-0.2, -0.15) is 0 Å². The highest BCUT2D eigenvalue weighted by Gasteiger charge is 2.37. The number of H-pyrrole nitrogens is 1. The molecule has 1 saturated carbocycles. The molecule has 1 aliphatic carbocycles. The van der Waals surface area contributed by atoms with E-state index in [9.17, 15) is 8.42 Å². The van der Waals surface area contributed by atoms with Crippen molar-refractivity contribution < 1.29 is 8.42 Å². The minimum absolute atomic E-state index is 0.0197. The molecule has 72 valence electrons. The molecule has 0 aliphatic heterocycles. The number of nitrogens with one attached hydrogen (secondary N) is 2. The first-order valence-corrected chi connectivity index (χ1v) is 5.48. The molecule has 2 unspecified atom stereocenters. The van der Waals surface area contributed by atoms with Crippen LogP contribution in [0.2, 0.25) is 0 Å². The van der Waals surface area contributed by atoms with Crippen LogP contribution in [0.25, 0.3) is 0 Å². The third-order valence-corrected chi connectivity index (χ3v) is 3.51. The molecular weight excluding hydrogens is 190 g/mol. The number of rotatable bonds is 3.